The molecule has 1 aromatic carbocycles. The van der Waals surface area contributed by atoms with Gasteiger partial charge in [-0.3, -0.25) is 4.90 Å². The van der Waals surface area contributed by atoms with E-state index in [0.29, 0.717) is 5.92 Å². The fourth-order valence-electron chi connectivity index (χ4n) is 3.88. The minimum absolute atomic E-state index is 0.256. The van der Waals surface area contributed by atoms with Gasteiger partial charge in [-0.2, -0.15) is 0 Å². The molecule has 23 heavy (non-hydrogen) atoms. The lowest BCUT2D eigenvalue weighted by Crippen LogP contribution is -2.49. The van der Waals surface area contributed by atoms with Crippen LogP contribution in [-0.4, -0.2) is 36.2 Å². The zero-order valence-electron chi connectivity index (χ0n) is 14.5. The van der Waals surface area contributed by atoms with Crippen LogP contribution in [-0.2, 0) is 11.3 Å². The third kappa shape index (κ3) is 3.86. The Morgan fingerprint density at radius 1 is 1.35 bits per heavy atom. The summed E-state index contributed by atoms with van der Waals surface area (Å²) in [6.45, 7) is 9.65. The first-order valence-electron chi connectivity index (χ1n) is 8.59. The summed E-state index contributed by atoms with van der Waals surface area (Å²) in [5, 5.41) is 3.00. The molecule has 2 fully saturated rings. The second-order valence-corrected chi connectivity index (χ2v) is 8.11. The van der Waals surface area contributed by atoms with E-state index >= 15 is 0 Å². The summed E-state index contributed by atoms with van der Waals surface area (Å²) >= 11 is 0. The minimum Gasteiger partial charge on any atom is -0.444 e. The Kier molecular flexibility index (Phi) is 4.37. The van der Waals surface area contributed by atoms with Crippen molar-refractivity contribution < 1.29 is 9.53 Å². The molecule has 1 aromatic rings. The van der Waals surface area contributed by atoms with E-state index in [0.717, 1.165) is 26.2 Å². The Bertz CT molecular complexity index is 552. The van der Waals surface area contributed by atoms with Gasteiger partial charge in [-0.15, -0.1) is 0 Å². The highest BCUT2D eigenvalue weighted by Gasteiger charge is 2.52. The number of fused-ring (bicyclic) bond motifs is 1. The molecule has 4 heteroatoms. The largest absolute Gasteiger partial charge is 0.444 e. The predicted molar refractivity (Wildman–Crippen MR) is 91.1 cm³/mol. The van der Waals surface area contributed by atoms with Crippen molar-refractivity contribution in [1.82, 2.24) is 10.2 Å². The molecule has 1 amide bonds. The topological polar surface area (TPSA) is 41.6 Å². The molecule has 2 aliphatic rings. The molecule has 4 nitrogen and oxygen atoms in total. The summed E-state index contributed by atoms with van der Waals surface area (Å²) < 4.78 is 5.36. The molecule has 1 heterocycles. The van der Waals surface area contributed by atoms with E-state index in [9.17, 15) is 4.79 Å². The van der Waals surface area contributed by atoms with Gasteiger partial charge >= 0.3 is 6.09 Å². The summed E-state index contributed by atoms with van der Waals surface area (Å²) in [6.07, 6.45) is 2.19. The molecule has 0 radical (unpaired) electrons. The summed E-state index contributed by atoms with van der Waals surface area (Å²) in [7, 11) is 0. The van der Waals surface area contributed by atoms with Crippen LogP contribution < -0.4 is 5.32 Å². The van der Waals surface area contributed by atoms with Gasteiger partial charge in [-0.1, -0.05) is 30.3 Å². The van der Waals surface area contributed by atoms with Crippen molar-refractivity contribution in [3.63, 3.8) is 0 Å². The molecule has 2 atom stereocenters. The smallest absolute Gasteiger partial charge is 0.407 e. The van der Waals surface area contributed by atoms with Crippen molar-refractivity contribution in [3.05, 3.63) is 35.9 Å². The van der Waals surface area contributed by atoms with E-state index < -0.39 is 5.60 Å². The van der Waals surface area contributed by atoms with Gasteiger partial charge in [-0.25, -0.2) is 4.79 Å². The van der Waals surface area contributed by atoms with E-state index in [4.69, 9.17) is 4.74 Å². The van der Waals surface area contributed by atoms with E-state index in [1.54, 1.807) is 0 Å². The van der Waals surface area contributed by atoms with Gasteiger partial charge in [0.15, 0.2) is 0 Å². The van der Waals surface area contributed by atoms with Crippen molar-refractivity contribution in [2.75, 3.05) is 19.6 Å². The predicted octanol–water partition coefficient (Wildman–Crippen LogP) is 3.42. The Morgan fingerprint density at radius 2 is 2.09 bits per heavy atom. The molecule has 1 saturated heterocycles. The molecule has 1 saturated carbocycles. The normalized spacial score (nSPS) is 27.2. The molecule has 0 bridgehead atoms. The van der Waals surface area contributed by atoms with Crippen LogP contribution in [0.1, 0.15) is 39.2 Å². The monoisotopic (exact) mass is 316 g/mol. The molecule has 0 spiro atoms. The summed E-state index contributed by atoms with van der Waals surface area (Å²) in [5.74, 6) is 0.709. The number of hydrogen-bond donors (Lipinski definition) is 1. The van der Waals surface area contributed by atoms with E-state index in [1.807, 2.05) is 20.8 Å². The van der Waals surface area contributed by atoms with Crippen molar-refractivity contribution in [2.24, 2.45) is 11.3 Å². The fraction of sp³-hybridized carbons (Fsp3) is 0.632. The first-order chi connectivity index (χ1) is 10.9. The zero-order valence-corrected chi connectivity index (χ0v) is 14.5. The number of alkyl carbamates (subject to hydrolysis) is 1. The lowest BCUT2D eigenvalue weighted by atomic mass is 9.62. The van der Waals surface area contributed by atoms with Gasteiger partial charge < -0.3 is 10.1 Å². The van der Waals surface area contributed by atoms with Crippen LogP contribution in [0, 0.1) is 11.3 Å². The van der Waals surface area contributed by atoms with Gasteiger partial charge in [0.25, 0.3) is 0 Å². The first kappa shape index (κ1) is 16.3. The molecule has 126 valence electrons. The quantitative estimate of drug-likeness (QED) is 0.925. The maximum absolute atomic E-state index is 11.9. The number of nitrogens with zero attached hydrogens (tertiary/aromatic N) is 1. The Morgan fingerprint density at radius 3 is 2.70 bits per heavy atom. The second kappa shape index (κ2) is 6.16. The summed E-state index contributed by atoms with van der Waals surface area (Å²) in [6, 6.07) is 10.6. The Balaban J connectivity index is 1.53. The van der Waals surface area contributed by atoms with Gasteiger partial charge in [0, 0.05) is 31.6 Å². The third-order valence-electron chi connectivity index (χ3n) is 5.11. The van der Waals surface area contributed by atoms with Crippen LogP contribution in [0.4, 0.5) is 4.79 Å². The average Bonchev–Trinajstić information content (AvgIpc) is 2.69. The Labute approximate surface area is 139 Å². The maximum Gasteiger partial charge on any atom is 0.407 e. The van der Waals surface area contributed by atoms with Crippen LogP contribution in [0.25, 0.3) is 0 Å². The highest BCUT2D eigenvalue weighted by Crippen LogP contribution is 2.51. The van der Waals surface area contributed by atoms with E-state index in [2.05, 4.69) is 40.5 Å². The van der Waals surface area contributed by atoms with E-state index in [1.165, 1.54) is 18.4 Å². The van der Waals surface area contributed by atoms with Gasteiger partial charge in [0.1, 0.15) is 5.60 Å². The fourth-order valence-corrected chi connectivity index (χ4v) is 3.88. The lowest BCUT2D eigenvalue weighted by molar-refractivity contribution is 0.0391. The number of benzene rings is 1. The lowest BCUT2D eigenvalue weighted by Gasteiger charge is -2.44. The molecular formula is C19H28N2O2. The van der Waals surface area contributed by atoms with Crippen molar-refractivity contribution >= 4 is 6.09 Å². The number of carbonyl (C=O) groups excluding carboxylic acids is 1. The minimum atomic E-state index is -0.435. The van der Waals surface area contributed by atoms with Gasteiger partial charge in [-0.05, 0) is 45.1 Å². The van der Waals surface area contributed by atoms with Crippen LogP contribution >= 0.6 is 0 Å². The second-order valence-electron chi connectivity index (χ2n) is 8.11. The molecule has 0 unspecified atom stereocenters. The number of carbonyl (C=O) groups is 1. The molecule has 0 aromatic heterocycles. The van der Waals surface area contributed by atoms with Crippen LogP contribution in [0.5, 0.6) is 0 Å². The van der Waals surface area contributed by atoms with Crippen LogP contribution in [0.15, 0.2) is 30.3 Å². The van der Waals surface area contributed by atoms with Crippen molar-refractivity contribution in [1.29, 1.82) is 0 Å². The SMILES string of the molecule is CC(C)(C)OC(=O)NC[C@@]12CC[C@@H]1CN(Cc1ccccc1)C2. The molecule has 3 rings (SSSR count). The van der Waals surface area contributed by atoms with Gasteiger partial charge in [0.05, 0.1) is 0 Å². The third-order valence-corrected chi connectivity index (χ3v) is 5.11. The number of hydrogen-bond acceptors (Lipinski definition) is 3. The standard InChI is InChI=1S/C19H28N2O2/c1-18(2,3)23-17(22)20-13-19-10-9-16(19)12-21(14-19)11-15-7-5-4-6-8-15/h4-8,16H,9-14H2,1-3H3,(H,20,22)/t16-,19-/m1/s1. The number of likely N-dealkylation sites (tertiary alicyclic amines) is 1. The molecular weight excluding hydrogens is 288 g/mol. The summed E-state index contributed by atoms with van der Waals surface area (Å²) in [4.78, 5) is 14.4. The molecule has 1 aliphatic carbocycles. The van der Waals surface area contributed by atoms with Crippen molar-refractivity contribution in [3.8, 4) is 0 Å². The first-order valence-corrected chi connectivity index (χ1v) is 8.59. The number of amides is 1. The highest BCUT2D eigenvalue weighted by molar-refractivity contribution is 5.67. The number of rotatable bonds is 4. The highest BCUT2D eigenvalue weighted by atomic mass is 16.6. The zero-order chi connectivity index (χ0) is 16.5. The number of ether oxygens (including phenoxy) is 1. The summed E-state index contributed by atoms with van der Waals surface area (Å²) in [5.41, 5.74) is 1.19. The number of nitrogens with one attached hydrogen (secondary N) is 1. The molecule has 1 aliphatic heterocycles. The molecule has 1 N–H and O–H groups in total. The maximum atomic E-state index is 11.9. The van der Waals surface area contributed by atoms with Gasteiger partial charge in [0.2, 0.25) is 0 Å². The van der Waals surface area contributed by atoms with Crippen LogP contribution in [0.3, 0.4) is 0 Å². The van der Waals surface area contributed by atoms with Crippen LogP contribution in [0.2, 0.25) is 0 Å². The van der Waals surface area contributed by atoms with Crippen molar-refractivity contribution in [2.45, 2.75) is 45.8 Å². The van der Waals surface area contributed by atoms with E-state index in [-0.39, 0.29) is 11.5 Å². The average molecular weight is 316 g/mol. The Hall–Kier alpha value is -1.55.